The minimum absolute atomic E-state index is 0.102. The van der Waals surface area contributed by atoms with E-state index >= 15 is 0 Å². The number of nitrogens with one attached hydrogen (secondary N) is 2. The van der Waals surface area contributed by atoms with Gasteiger partial charge in [0.1, 0.15) is 5.75 Å². The Hall–Kier alpha value is -3.75. The van der Waals surface area contributed by atoms with Gasteiger partial charge in [0, 0.05) is 23.4 Å². The predicted octanol–water partition coefficient (Wildman–Crippen LogP) is 2.47. The van der Waals surface area contributed by atoms with Gasteiger partial charge < -0.3 is 10.1 Å². The molecule has 2 rings (SSSR count). The van der Waals surface area contributed by atoms with E-state index in [4.69, 9.17) is 4.74 Å². The van der Waals surface area contributed by atoms with Gasteiger partial charge in [0.05, 0.1) is 17.7 Å². The molecule has 0 saturated carbocycles. The Morgan fingerprint density at radius 2 is 1.93 bits per heavy atom. The molecule has 0 saturated heterocycles. The van der Waals surface area contributed by atoms with Gasteiger partial charge in [-0.3, -0.25) is 19.7 Å². The SMILES string of the molecule is CCCOc1ccc(NC(=O)C(=O)N/N=C\c2cccc([N+](=O)[O-])c2)cc1. The lowest BCUT2D eigenvalue weighted by Crippen LogP contribution is -2.32. The third kappa shape index (κ3) is 6.24. The monoisotopic (exact) mass is 370 g/mol. The van der Waals surface area contributed by atoms with Crippen molar-refractivity contribution in [2.45, 2.75) is 13.3 Å². The van der Waals surface area contributed by atoms with Crippen LogP contribution < -0.4 is 15.5 Å². The highest BCUT2D eigenvalue weighted by atomic mass is 16.6. The van der Waals surface area contributed by atoms with Crippen molar-refractivity contribution in [3.05, 3.63) is 64.2 Å². The fourth-order valence-corrected chi connectivity index (χ4v) is 1.98. The van der Waals surface area contributed by atoms with Crippen LogP contribution in [0.25, 0.3) is 0 Å². The number of hydrogen-bond acceptors (Lipinski definition) is 6. The summed E-state index contributed by atoms with van der Waals surface area (Å²) in [6, 6.07) is 12.3. The average Bonchev–Trinajstić information content (AvgIpc) is 2.67. The van der Waals surface area contributed by atoms with Gasteiger partial charge in [0.25, 0.3) is 5.69 Å². The molecular weight excluding hydrogens is 352 g/mol. The van der Waals surface area contributed by atoms with Crippen molar-refractivity contribution in [1.29, 1.82) is 0 Å². The number of non-ortho nitro benzene ring substituents is 1. The Kier molecular flexibility index (Phi) is 7.00. The van der Waals surface area contributed by atoms with E-state index in [9.17, 15) is 19.7 Å². The van der Waals surface area contributed by atoms with Crippen LogP contribution in [0.1, 0.15) is 18.9 Å². The fourth-order valence-electron chi connectivity index (χ4n) is 1.98. The van der Waals surface area contributed by atoms with E-state index in [0.29, 0.717) is 23.6 Å². The second-order valence-electron chi connectivity index (χ2n) is 5.38. The minimum atomic E-state index is -0.969. The number of ether oxygens (including phenoxy) is 1. The Morgan fingerprint density at radius 1 is 1.19 bits per heavy atom. The minimum Gasteiger partial charge on any atom is -0.494 e. The van der Waals surface area contributed by atoms with Gasteiger partial charge in [-0.05, 0) is 30.7 Å². The first-order chi connectivity index (χ1) is 13.0. The van der Waals surface area contributed by atoms with Crippen LogP contribution in [-0.2, 0) is 9.59 Å². The van der Waals surface area contributed by atoms with Crippen molar-refractivity contribution in [2.24, 2.45) is 5.10 Å². The predicted molar refractivity (Wildman–Crippen MR) is 99.7 cm³/mol. The first kappa shape index (κ1) is 19.6. The van der Waals surface area contributed by atoms with Crippen molar-refractivity contribution in [3.63, 3.8) is 0 Å². The Morgan fingerprint density at radius 3 is 2.59 bits per heavy atom. The van der Waals surface area contributed by atoms with E-state index in [1.54, 1.807) is 30.3 Å². The number of carbonyl (C=O) groups is 2. The molecule has 2 amide bonds. The van der Waals surface area contributed by atoms with Crippen LogP contribution in [0.4, 0.5) is 11.4 Å². The maximum Gasteiger partial charge on any atom is 0.329 e. The third-order valence-electron chi connectivity index (χ3n) is 3.25. The highest BCUT2D eigenvalue weighted by Gasteiger charge is 2.13. The maximum absolute atomic E-state index is 11.8. The molecule has 140 valence electrons. The van der Waals surface area contributed by atoms with Crippen molar-refractivity contribution in [3.8, 4) is 5.75 Å². The molecular formula is C18H18N4O5. The van der Waals surface area contributed by atoms with Gasteiger partial charge in [-0.2, -0.15) is 5.10 Å². The zero-order valence-corrected chi connectivity index (χ0v) is 14.5. The molecule has 0 aliphatic carbocycles. The molecule has 0 bridgehead atoms. The van der Waals surface area contributed by atoms with E-state index in [1.807, 2.05) is 6.92 Å². The van der Waals surface area contributed by atoms with Crippen molar-refractivity contribution in [1.82, 2.24) is 5.43 Å². The quantitative estimate of drug-likeness (QED) is 0.335. The summed E-state index contributed by atoms with van der Waals surface area (Å²) in [5.74, 6) is -1.20. The summed E-state index contributed by atoms with van der Waals surface area (Å²) in [6.07, 6.45) is 2.09. The number of hydrogen-bond donors (Lipinski definition) is 2. The summed E-state index contributed by atoms with van der Waals surface area (Å²) in [7, 11) is 0. The standard InChI is InChI=1S/C18H18N4O5/c1-2-10-27-16-8-6-14(7-9-16)20-17(23)18(24)21-19-12-13-4-3-5-15(11-13)22(25)26/h3-9,11-12H,2,10H2,1H3,(H,20,23)(H,21,24)/b19-12-. The Balaban J connectivity index is 1.87. The van der Waals surface area contributed by atoms with E-state index < -0.39 is 16.7 Å². The van der Waals surface area contributed by atoms with Gasteiger partial charge >= 0.3 is 11.8 Å². The molecule has 0 unspecified atom stereocenters. The molecule has 0 radical (unpaired) electrons. The van der Waals surface area contributed by atoms with Gasteiger partial charge in [0.15, 0.2) is 0 Å². The van der Waals surface area contributed by atoms with Crippen LogP contribution in [0.2, 0.25) is 0 Å². The van der Waals surface area contributed by atoms with Gasteiger partial charge in [0.2, 0.25) is 0 Å². The molecule has 0 aromatic heterocycles. The molecule has 0 aliphatic heterocycles. The number of anilines is 1. The van der Waals surface area contributed by atoms with Gasteiger partial charge in [-0.25, -0.2) is 5.43 Å². The molecule has 0 atom stereocenters. The molecule has 2 aromatic carbocycles. The molecule has 2 N–H and O–H groups in total. The number of rotatable bonds is 7. The van der Waals surface area contributed by atoms with Crippen LogP contribution in [0.3, 0.4) is 0 Å². The number of carbonyl (C=O) groups excluding carboxylic acids is 2. The molecule has 0 aliphatic rings. The first-order valence-electron chi connectivity index (χ1n) is 8.11. The summed E-state index contributed by atoms with van der Waals surface area (Å²) in [4.78, 5) is 33.8. The van der Waals surface area contributed by atoms with Gasteiger partial charge in [-0.1, -0.05) is 19.1 Å². The Labute approximate surface area is 155 Å². The third-order valence-corrected chi connectivity index (χ3v) is 3.25. The Bertz CT molecular complexity index is 849. The normalized spacial score (nSPS) is 10.4. The topological polar surface area (TPSA) is 123 Å². The second kappa shape index (κ2) is 9.66. The molecule has 27 heavy (non-hydrogen) atoms. The number of nitro benzene ring substituents is 1. The van der Waals surface area contributed by atoms with Crippen molar-refractivity contribution in [2.75, 3.05) is 11.9 Å². The molecule has 0 fully saturated rings. The summed E-state index contributed by atoms with van der Waals surface area (Å²) in [5, 5.41) is 16.8. The number of hydrazone groups is 1. The van der Waals surface area contributed by atoms with E-state index in [2.05, 4.69) is 15.8 Å². The molecule has 2 aromatic rings. The molecule has 0 spiro atoms. The lowest BCUT2D eigenvalue weighted by molar-refractivity contribution is -0.384. The summed E-state index contributed by atoms with van der Waals surface area (Å²) in [5.41, 5.74) is 2.80. The molecule has 9 nitrogen and oxygen atoms in total. The lowest BCUT2D eigenvalue weighted by Gasteiger charge is -2.07. The maximum atomic E-state index is 11.8. The van der Waals surface area contributed by atoms with Crippen molar-refractivity contribution < 1.29 is 19.2 Å². The van der Waals surface area contributed by atoms with E-state index in [0.717, 1.165) is 6.42 Å². The molecule has 0 heterocycles. The van der Waals surface area contributed by atoms with Crippen LogP contribution in [-0.4, -0.2) is 29.6 Å². The van der Waals surface area contributed by atoms with Crippen molar-refractivity contribution >= 4 is 29.4 Å². The van der Waals surface area contributed by atoms with E-state index in [1.165, 1.54) is 24.4 Å². The number of nitro groups is 1. The van der Waals surface area contributed by atoms with Crippen LogP contribution in [0.15, 0.2) is 53.6 Å². The molecule has 9 heteroatoms. The van der Waals surface area contributed by atoms with E-state index in [-0.39, 0.29) is 5.69 Å². The lowest BCUT2D eigenvalue weighted by atomic mass is 10.2. The highest BCUT2D eigenvalue weighted by molar-refractivity contribution is 6.39. The first-order valence-corrected chi connectivity index (χ1v) is 8.11. The van der Waals surface area contributed by atoms with Crippen LogP contribution in [0.5, 0.6) is 5.75 Å². The number of benzene rings is 2. The summed E-state index contributed by atoms with van der Waals surface area (Å²) < 4.78 is 5.43. The zero-order chi connectivity index (χ0) is 19.6. The largest absolute Gasteiger partial charge is 0.494 e. The fraction of sp³-hybridized carbons (Fsp3) is 0.167. The highest BCUT2D eigenvalue weighted by Crippen LogP contribution is 2.15. The summed E-state index contributed by atoms with van der Waals surface area (Å²) >= 11 is 0. The second-order valence-corrected chi connectivity index (χ2v) is 5.38. The number of nitrogens with zero attached hydrogens (tertiary/aromatic N) is 2. The smallest absolute Gasteiger partial charge is 0.329 e. The van der Waals surface area contributed by atoms with Gasteiger partial charge in [-0.15, -0.1) is 0 Å². The van der Waals surface area contributed by atoms with Crippen LogP contribution in [0, 0.1) is 10.1 Å². The summed E-state index contributed by atoms with van der Waals surface area (Å²) in [6.45, 7) is 2.59. The zero-order valence-electron chi connectivity index (χ0n) is 14.5. The number of amides is 2. The average molecular weight is 370 g/mol. The van der Waals surface area contributed by atoms with Crippen LogP contribution >= 0.6 is 0 Å².